The molecule has 2 aromatic heterocycles. The van der Waals surface area contributed by atoms with Crippen LogP contribution in [0, 0.1) is 6.92 Å². The number of nitrogens with one attached hydrogen (secondary N) is 2. The van der Waals surface area contributed by atoms with Gasteiger partial charge in [0.2, 0.25) is 5.13 Å². The highest BCUT2D eigenvalue weighted by Gasteiger charge is 2.17. The van der Waals surface area contributed by atoms with Crippen LogP contribution in [0.25, 0.3) is 0 Å². The topological polar surface area (TPSA) is 106 Å². The number of nitrogen functional groups attached to an aromatic ring is 1. The number of thiazole rings is 1. The lowest BCUT2D eigenvalue weighted by Gasteiger charge is -2.03. The second-order valence-electron chi connectivity index (χ2n) is 4.13. The SMILES string of the molecule is Cc1nsc(NC(=O)c2sc(NC(C)C)nc2N)n1. The Hall–Kier alpha value is -1.74. The first-order valence-corrected chi connectivity index (χ1v) is 7.19. The smallest absolute Gasteiger partial charge is 0.271 e. The molecule has 1 amide bonds. The van der Waals surface area contributed by atoms with Crippen molar-refractivity contribution in [3.05, 3.63) is 10.7 Å². The number of carbonyl (C=O) groups excluding carboxylic acids is 1. The molecular weight excluding hydrogens is 284 g/mol. The molecule has 7 nitrogen and oxygen atoms in total. The Balaban J connectivity index is 2.12. The average molecular weight is 298 g/mol. The van der Waals surface area contributed by atoms with Gasteiger partial charge in [-0.25, -0.2) is 9.97 Å². The van der Waals surface area contributed by atoms with E-state index in [4.69, 9.17) is 5.73 Å². The molecule has 0 fully saturated rings. The lowest BCUT2D eigenvalue weighted by atomic mass is 10.4. The Labute approximate surface area is 118 Å². The highest BCUT2D eigenvalue weighted by Crippen LogP contribution is 2.26. The predicted molar refractivity (Wildman–Crippen MR) is 77.9 cm³/mol. The van der Waals surface area contributed by atoms with Gasteiger partial charge in [-0.1, -0.05) is 11.3 Å². The van der Waals surface area contributed by atoms with E-state index in [-0.39, 0.29) is 17.8 Å². The van der Waals surface area contributed by atoms with E-state index in [2.05, 4.69) is 25.0 Å². The van der Waals surface area contributed by atoms with Crippen LogP contribution in [0.2, 0.25) is 0 Å². The van der Waals surface area contributed by atoms with Gasteiger partial charge in [0.1, 0.15) is 16.5 Å². The summed E-state index contributed by atoms with van der Waals surface area (Å²) in [5.74, 6) is 0.523. The van der Waals surface area contributed by atoms with Crippen molar-refractivity contribution in [2.75, 3.05) is 16.4 Å². The second-order valence-corrected chi connectivity index (χ2v) is 5.88. The average Bonchev–Trinajstić information content (AvgIpc) is 2.84. The van der Waals surface area contributed by atoms with Gasteiger partial charge in [0.25, 0.3) is 5.91 Å². The van der Waals surface area contributed by atoms with Crippen molar-refractivity contribution in [1.29, 1.82) is 0 Å². The summed E-state index contributed by atoms with van der Waals surface area (Å²) in [6.07, 6.45) is 0. The summed E-state index contributed by atoms with van der Waals surface area (Å²) in [6, 6.07) is 0.229. The number of carbonyl (C=O) groups is 1. The number of amides is 1. The normalized spacial score (nSPS) is 10.7. The minimum atomic E-state index is -0.317. The molecule has 0 atom stereocenters. The quantitative estimate of drug-likeness (QED) is 0.796. The highest BCUT2D eigenvalue weighted by molar-refractivity contribution is 7.18. The number of rotatable bonds is 4. The van der Waals surface area contributed by atoms with Gasteiger partial charge in [0, 0.05) is 17.6 Å². The first-order chi connectivity index (χ1) is 8.95. The Morgan fingerprint density at radius 1 is 1.32 bits per heavy atom. The van der Waals surface area contributed by atoms with Crippen LogP contribution < -0.4 is 16.4 Å². The number of anilines is 3. The van der Waals surface area contributed by atoms with E-state index < -0.39 is 0 Å². The van der Waals surface area contributed by atoms with Crippen molar-refractivity contribution in [1.82, 2.24) is 14.3 Å². The third kappa shape index (κ3) is 3.38. The van der Waals surface area contributed by atoms with Gasteiger partial charge < -0.3 is 11.1 Å². The number of hydrogen-bond acceptors (Lipinski definition) is 8. The highest BCUT2D eigenvalue weighted by atomic mass is 32.1. The van der Waals surface area contributed by atoms with E-state index in [1.807, 2.05) is 13.8 Å². The van der Waals surface area contributed by atoms with Gasteiger partial charge in [-0.15, -0.1) is 0 Å². The molecule has 0 saturated carbocycles. The summed E-state index contributed by atoms with van der Waals surface area (Å²) in [6.45, 7) is 5.74. The Morgan fingerprint density at radius 3 is 2.63 bits per heavy atom. The zero-order chi connectivity index (χ0) is 14.0. The van der Waals surface area contributed by atoms with E-state index in [0.717, 1.165) is 11.5 Å². The minimum Gasteiger partial charge on any atom is -0.382 e. The molecule has 19 heavy (non-hydrogen) atoms. The molecule has 0 unspecified atom stereocenters. The van der Waals surface area contributed by atoms with Crippen LogP contribution in [0.1, 0.15) is 29.3 Å². The van der Waals surface area contributed by atoms with Crippen LogP contribution in [-0.2, 0) is 0 Å². The first kappa shape index (κ1) is 13.7. The van der Waals surface area contributed by atoms with Crippen LogP contribution in [0.4, 0.5) is 16.1 Å². The molecule has 4 N–H and O–H groups in total. The van der Waals surface area contributed by atoms with Crippen molar-refractivity contribution in [3.8, 4) is 0 Å². The molecule has 9 heteroatoms. The Bertz CT molecular complexity index is 591. The molecule has 2 aromatic rings. The minimum absolute atomic E-state index is 0.215. The molecule has 0 aliphatic carbocycles. The van der Waals surface area contributed by atoms with Crippen molar-refractivity contribution in [2.24, 2.45) is 0 Å². The molecule has 0 aliphatic heterocycles. The van der Waals surface area contributed by atoms with Gasteiger partial charge in [-0.3, -0.25) is 10.1 Å². The van der Waals surface area contributed by atoms with Crippen molar-refractivity contribution in [2.45, 2.75) is 26.8 Å². The fourth-order valence-corrected chi connectivity index (χ4v) is 2.80. The van der Waals surface area contributed by atoms with E-state index >= 15 is 0 Å². The molecule has 0 radical (unpaired) electrons. The summed E-state index contributed by atoms with van der Waals surface area (Å²) in [5, 5.41) is 6.85. The summed E-state index contributed by atoms with van der Waals surface area (Å²) in [5.41, 5.74) is 5.74. The fourth-order valence-electron chi connectivity index (χ4n) is 1.31. The number of hydrogen-bond donors (Lipinski definition) is 3. The maximum atomic E-state index is 12.0. The van der Waals surface area contributed by atoms with Gasteiger partial charge in [-0.05, 0) is 20.8 Å². The van der Waals surface area contributed by atoms with Crippen molar-refractivity contribution < 1.29 is 4.79 Å². The standard InChI is InChI=1S/C10H14N6OS2/c1-4(2)12-9-14-7(11)6(18-9)8(17)15-10-13-5(3)16-19-10/h4H,11H2,1-3H3,(H,12,14)(H,13,15,16,17). The van der Waals surface area contributed by atoms with Crippen LogP contribution in [0.15, 0.2) is 0 Å². The molecule has 0 saturated heterocycles. The third-order valence-electron chi connectivity index (χ3n) is 2.02. The monoisotopic (exact) mass is 298 g/mol. The number of aromatic nitrogens is 3. The zero-order valence-corrected chi connectivity index (χ0v) is 12.4. The van der Waals surface area contributed by atoms with Gasteiger partial charge in [0.15, 0.2) is 5.13 Å². The van der Waals surface area contributed by atoms with Crippen molar-refractivity contribution >= 4 is 44.9 Å². The lowest BCUT2D eigenvalue weighted by Crippen LogP contribution is -2.11. The van der Waals surface area contributed by atoms with Crippen LogP contribution in [0.3, 0.4) is 0 Å². The van der Waals surface area contributed by atoms with E-state index in [0.29, 0.717) is 21.0 Å². The second kappa shape index (κ2) is 5.49. The molecule has 2 rings (SSSR count). The molecule has 0 spiro atoms. The van der Waals surface area contributed by atoms with Crippen molar-refractivity contribution in [3.63, 3.8) is 0 Å². The largest absolute Gasteiger partial charge is 0.382 e. The van der Waals surface area contributed by atoms with Gasteiger partial charge in [-0.2, -0.15) is 4.37 Å². The van der Waals surface area contributed by atoms with Gasteiger partial charge in [0.05, 0.1) is 0 Å². The molecule has 0 bridgehead atoms. The van der Waals surface area contributed by atoms with Crippen LogP contribution in [0.5, 0.6) is 0 Å². The summed E-state index contributed by atoms with van der Waals surface area (Å²) in [4.78, 5) is 20.6. The zero-order valence-electron chi connectivity index (χ0n) is 10.7. The van der Waals surface area contributed by atoms with E-state index in [1.165, 1.54) is 11.3 Å². The van der Waals surface area contributed by atoms with Crippen LogP contribution in [-0.4, -0.2) is 26.3 Å². The third-order valence-corrected chi connectivity index (χ3v) is 3.74. The van der Waals surface area contributed by atoms with Crippen LogP contribution >= 0.6 is 22.9 Å². The summed E-state index contributed by atoms with van der Waals surface area (Å²) < 4.78 is 3.99. The predicted octanol–water partition coefficient (Wildman–Crippen LogP) is 1.96. The summed E-state index contributed by atoms with van der Waals surface area (Å²) in [7, 11) is 0. The van der Waals surface area contributed by atoms with E-state index in [9.17, 15) is 4.79 Å². The number of aryl methyl sites for hydroxylation is 1. The molecule has 2 heterocycles. The first-order valence-electron chi connectivity index (χ1n) is 5.60. The summed E-state index contributed by atoms with van der Waals surface area (Å²) >= 11 is 2.35. The number of nitrogens with zero attached hydrogens (tertiary/aromatic N) is 3. The molecule has 0 aliphatic rings. The number of nitrogens with two attached hydrogens (primary N) is 1. The van der Waals surface area contributed by atoms with Gasteiger partial charge >= 0.3 is 0 Å². The molecule has 102 valence electrons. The Morgan fingerprint density at radius 2 is 2.05 bits per heavy atom. The maximum Gasteiger partial charge on any atom is 0.271 e. The molecular formula is C10H14N6OS2. The maximum absolute atomic E-state index is 12.0. The van der Waals surface area contributed by atoms with E-state index in [1.54, 1.807) is 6.92 Å². The fraction of sp³-hybridized carbons (Fsp3) is 0.400. The lowest BCUT2D eigenvalue weighted by molar-refractivity contribution is 0.103. The Kier molecular flexibility index (Phi) is 3.96. The molecule has 0 aromatic carbocycles.